The monoisotopic (exact) mass is 372 g/mol. The highest BCUT2D eigenvalue weighted by Gasteiger charge is 2.25. The Morgan fingerprint density at radius 3 is 2.65 bits per heavy atom. The van der Waals surface area contributed by atoms with Crippen molar-refractivity contribution in [3.63, 3.8) is 0 Å². The third-order valence-corrected chi connectivity index (χ3v) is 4.68. The topological polar surface area (TPSA) is 112 Å². The van der Waals surface area contributed by atoms with Gasteiger partial charge in [-0.05, 0) is 31.4 Å². The summed E-state index contributed by atoms with van der Waals surface area (Å²) in [6.45, 7) is 3.18. The van der Waals surface area contributed by atoms with E-state index in [4.69, 9.17) is 14.9 Å². The number of hydrogen-bond donors (Lipinski definition) is 2. The molecule has 0 saturated carbocycles. The number of carbonyl (C=O) groups is 3. The first-order valence-electron chi connectivity index (χ1n) is 7.75. The predicted molar refractivity (Wildman–Crippen MR) is 97.3 cm³/mol. The average Bonchev–Trinajstić information content (AvgIpc) is 3.20. The fourth-order valence-corrected chi connectivity index (χ4v) is 3.25. The number of benzene rings is 1. The van der Waals surface area contributed by atoms with Gasteiger partial charge in [0.1, 0.15) is 10.6 Å². The first kappa shape index (κ1) is 17.7. The fourth-order valence-electron chi connectivity index (χ4n) is 2.45. The third-order valence-electron chi connectivity index (χ3n) is 3.85. The molecule has 8 heteroatoms. The van der Waals surface area contributed by atoms with E-state index >= 15 is 0 Å². The molecule has 3 rings (SSSR count). The highest BCUT2D eigenvalue weighted by molar-refractivity contribution is 7.14. The predicted octanol–water partition coefficient (Wildman–Crippen LogP) is 3.09. The minimum absolute atomic E-state index is 0.0554. The van der Waals surface area contributed by atoms with Gasteiger partial charge in [-0.3, -0.25) is 9.59 Å². The molecule has 3 aromatic rings. The van der Waals surface area contributed by atoms with Crippen LogP contribution in [0.5, 0.6) is 0 Å². The summed E-state index contributed by atoms with van der Waals surface area (Å²) in [6.07, 6.45) is -1.09. The van der Waals surface area contributed by atoms with Crippen LogP contribution in [0.25, 0.3) is 11.0 Å². The van der Waals surface area contributed by atoms with Crippen LogP contribution in [-0.4, -0.2) is 23.9 Å². The number of hydrogen-bond acceptors (Lipinski definition) is 6. The zero-order chi connectivity index (χ0) is 18.8. The van der Waals surface area contributed by atoms with Crippen molar-refractivity contribution in [3.8, 4) is 0 Å². The fraction of sp³-hybridized carbons (Fsp3) is 0.167. The van der Waals surface area contributed by atoms with Gasteiger partial charge in [0.05, 0.1) is 5.56 Å². The molecular weight excluding hydrogens is 356 g/mol. The van der Waals surface area contributed by atoms with E-state index in [1.54, 1.807) is 24.4 Å². The molecule has 7 nitrogen and oxygen atoms in total. The average molecular weight is 372 g/mol. The molecule has 0 unspecified atom stereocenters. The molecule has 2 aromatic heterocycles. The maximum absolute atomic E-state index is 12.4. The molecule has 0 spiro atoms. The molecular formula is C18H16N2O5S. The minimum Gasteiger partial charge on any atom is -0.449 e. The van der Waals surface area contributed by atoms with Crippen LogP contribution in [0.3, 0.4) is 0 Å². The second kappa shape index (κ2) is 7.01. The van der Waals surface area contributed by atoms with Crippen molar-refractivity contribution in [2.75, 3.05) is 5.32 Å². The molecule has 2 heterocycles. The van der Waals surface area contributed by atoms with Crippen LogP contribution in [-0.2, 0) is 9.53 Å². The smallest absolute Gasteiger partial charge is 0.375 e. The Labute approximate surface area is 152 Å². The first-order chi connectivity index (χ1) is 12.4. The summed E-state index contributed by atoms with van der Waals surface area (Å²) in [7, 11) is 0. The van der Waals surface area contributed by atoms with Crippen LogP contribution in [0.15, 0.2) is 40.1 Å². The van der Waals surface area contributed by atoms with Gasteiger partial charge >= 0.3 is 5.97 Å². The highest BCUT2D eigenvalue weighted by atomic mass is 32.1. The number of nitrogens with one attached hydrogen (secondary N) is 1. The van der Waals surface area contributed by atoms with E-state index in [1.165, 1.54) is 13.0 Å². The van der Waals surface area contributed by atoms with Crippen molar-refractivity contribution in [1.82, 2.24) is 0 Å². The zero-order valence-corrected chi connectivity index (χ0v) is 14.9. The van der Waals surface area contributed by atoms with Crippen molar-refractivity contribution in [2.24, 2.45) is 5.73 Å². The summed E-state index contributed by atoms with van der Waals surface area (Å²) < 4.78 is 10.7. The van der Waals surface area contributed by atoms with Crippen molar-refractivity contribution < 1.29 is 23.5 Å². The Hall–Kier alpha value is -3.13. The van der Waals surface area contributed by atoms with Gasteiger partial charge in [0, 0.05) is 10.9 Å². The molecule has 0 saturated heterocycles. The number of esters is 1. The Balaban J connectivity index is 1.72. The SMILES string of the molecule is Cc1c(C(=O)O[C@H](C)C(=O)Nc2sccc2C(N)=O)oc2ccccc12. The Morgan fingerprint density at radius 2 is 1.96 bits per heavy atom. The molecule has 26 heavy (non-hydrogen) atoms. The lowest BCUT2D eigenvalue weighted by molar-refractivity contribution is -0.123. The largest absolute Gasteiger partial charge is 0.449 e. The summed E-state index contributed by atoms with van der Waals surface area (Å²) in [5, 5.41) is 5.29. The molecule has 0 aliphatic carbocycles. The van der Waals surface area contributed by atoms with Gasteiger partial charge in [-0.15, -0.1) is 11.3 Å². The Bertz CT molecular complexity index is 1000. The van der Waals surface area contributed by atoms with Crippen LogP contribution in [0.4, 0.5) is 5.00 Å². The summed E-state index contributed by atoms with van der Waals surface area (Å²) in [5.74, 6) is -1.90. The van der Waals surface area contributed by atoms with E-state index in [0.29, 0.717) is 16.1 Å². The van der Waals surface area contributed by atoms with Crippen LogP contribution in [0, 0.1) is 6.92 Å². The van der Waals surface area contributed by atoms with Gasteiger partial charge in [-0.1, -0.05) is 18.2 Å². The van der Waals surface area contributed by atoms with Crippen molar-refractivity contribution in [1.29, 1.82) is 0 Å². The number of carbonyl (C=O) groups excluding carboxylic acids is 3. The number of primary amides is 1. The standard InChI is InChI=1S/C18H16N2O5S/c1-9-11-5-3-4-6-13(11)25-14(9)18(23)24-10(2)16(22)20-17-12(15(19)21)7-8-26-17/h3-8,10H,1-2H3,(H2,19,21)(H,20,22)/t10-/m1/s1. The molecule has 0 bridgehead atoms. The van der Waals surface area contributed by atoms with Gasteiger partial charge in [-0.25, -0.2) is 4.79 Å². The van der Waals surface area contributed by atoms with E-state index in [9.17, 15) is 14.4 Å². The van der Waals surface area contributed by atoms with Gasteiger partial charge in [0.15, 0.2) is 6.10 Å². The summed E-state index contributed by atoms with van der Waals surface area (Å²) in [5.41, 5.74) is 6.66. The van der Waals surface area contributed by atoms with E-state index < -0.39 is 23.9 Å². The highest BCUT2D eigenvalue weighted by Crippen LogP contribution is 2.26. The number of furan rings is 1. The molecule has 0 aliphatic rings. The lowest BCUT2D eigenvalue weighted by atomic mass is 10.1. The number of thiophene rings is 1. The molecule has 0 radical (unpaired) electrons. The van der Waals surface area contributed by atoms with E-state index in [0.717, 1.165) is 16.7 Å². The summed E-state index contributed by atoms with van der Waals surface area (Å²) >= 11 is 1.15. The normalized spacial score (nSPS) is 11.9. The molecule has 0 fully saturated rings. The summed E-state index contributed by atoms with van der Waals surface area (Å²) in [6, 6.07) is 8.73. The number of ether oxygens (including phenoxy) is 1. The molecule has 0 aliphatic heterocycles. The van der Waals surface area contributed by atoms with Crippen LogP contribution in [0.2, 0.25) is 0 Å². The quantitative estimate of drug-likeness (QED) is 0.669. The number of fused-ring (bicyclic) bond motifs is 1. The van der Waals surface area contributed by atoms with Gasteiger partial charge in [0.2, 0.25) is 5.76 Å². The Morgan fingerprint density at radius 1 is 1.23 bits per heavy atom. The van der Waals surface area contributed by atoms with Gasteiger partial charge in [0.25, 0.3) is 11.8 Å². The molecule has 3 N–H and O–H groups in total. The zero-order valence-electron chi connectivity index (χ0n) is 14.1. The second-order valence-electron chi connectivity index (χ2n) is 5.62. The number of nitrogens with two attached hydrogens (primary N) is 1. The van der Waals surface area contributed by atoms with Crippen LogP contribution < -0.4 is 11.1 Å². The number of aryl methyl sites for hydroxylation is 1. The number of anilines is 1. The van der Waals surface area contributed by atoms with Gasteiger partial charge < -0.3 is 20.2 Å². The lowest BCUT2D eigenvalue weighted by Gasteiger charge is -2.12. The number of amides is 2. The first-order valence-corrected chi connectivity index (χ1v) is 8.63. The van der Waals surface area contributed by atoms with Crippen LogP contribution in [0.1, 0.15) is 33.4 Å². The lowest BCUT2D eigenvalue weighted by Crippen LogP contribution is -2.30. The molecule has 2 amide bonds. The maximum Gasteiger partial charge on any atom is 0.375 e. The minimum atomic E-state index is -1.09. The third kappa shape index (κ3) is 3.31. The van der Waals surface area contributed by atoms with E-state index in [-0.39, 0.29) is 11.3 Å². The summed E-state index contributed by atoms with van der Waals surface area (Å²) in [4.78, 5) is 35.9. The number of para-hydroxylation sites is 1. The van der Waals surface area contributed by atoms with Crippen LogP contribution >= 0.6 is 11.3 Å². The van der Waals surface area contributed by atoms with E-state index in [1.807, 2.05) is 12.1 Å². The molecule has 134 valence electrons. The molecule has 1 atom stereocenters. The van der Waals surface area contributed by atoms with Gasteiger partial charge in [-0.2, -0.15) is 0 Å². The van der Waals surface area contributed by atoms with Crippen molar-refractivity contribution in [3.05, 3.63) is 52.6 Å². The molecule has 1 aromatic carbocycles. The van der Waals surface area contributed by atoms with Crippen molar-refractivity contribution >= 4 is 45.1 Å². The Kier molecular flexibility index (Phi) is 4.77. The number of rotatable bonds is 5. The maximum atomic E-state index is 12.4. The van der Waals surface area contributed by atoms with Crippen molar-refractivity contribution in [2.45, 2.75) is 20.0 Å². The van der Waals surface area contributed by atoms with E-state index in [2.05, 4.69) is 5.32 Å². The second-order valence-corrected chi connectivity index (χ2v) is 6.53.